The molecule has 0 saturated heterocycles. The molecule has 0 spiro atoms. The molecule has 1 heterocycles. The number of amides is 2. The third kappa shape index (κ3) is 4.44. The summed E-state index contributed by atoms with van der Waals surface area (Å²) in [5.41, 5.74) is 1.79. The minimum atomic E-state index is -0.939. The van der Waals surface area contributed by atoms with Crippen LogP contribution in [-0.2, 0) is 18.4 Å². The Morgan fingerprint density at radius 2 is 2.22 bits per heavy atom. The molecule has 0 bridgehead atoms. The van der Waals surface area contributed by atoms with E-state index < -0.39 is 12.0 Å². The van der Waals surface area contributed by atoms with E-state index in [0.717, 1.165) is 11.3 Å². The summed E-state index contributed by atoms with van der Waals surface area (Å²) in [6.45, 7) is 3.87. The summed E-state index contributed by atoms with van der Waals surface area (Å²) in [6, 6.07) is -0.788. The minimum absolute atomic E-state index is 0.0979. The number of carboxylic acid groups (broad SMARTS) is 1. The van der Waals surface area contributed by atoms with Crippen LogP contribution in [-0.4, -0.2) is 32.9 Å². The van der Waals surface area contributed by atoms with E-state index in [0.29, 0.717) is 6.54 Å². The molecule has 1 unspecified atom stereocenters. The van der Waals surface area contributed by atoms with Crippen LogP contribution in [0.25, 0.3) is 0 Å². The zero-order valence-electron chi connectivity index (χ0n) is 10.7. The lowest BCUT2D eigenvalue weighted by Crippen LogP contribution is -2.41. The first-order chi connectivity index (χ1) is 8.38. The highest BCUT2D eigenvalue weighted by Gasteiger charge is 2.11. The van der Waals surface area contributed by atoms with E-state index in [9.17, 15) is 9.59 Å². The number of rotatable bonds is 5. The Kier molecular flexibility index (Phi) is 4.70. The summed E-state index contributed by atoms with van der Waals surface area (Å²) in [5, 5.41) is 17.9. The maximum atomic E-state index is 11.5. The molecule has 7 nitrogen and oxygen atoms in total. The zero-order valence-corrected chi connectivity index (χ0v) is 10.7. The average Bonchev–Trinajstić information content (AvgIpc) is 2.53. The molecule has 1 aromatic rings. The van der Waals surface area contributed by atoms with E-state index in [1.54, 1.807) is 11.6 Å². The van der Waals surface area contributed by atoms with Gasteiger partial charge in [0.25, 0.3) is 0 Å². The molecule has 7 heteroatoms. The van der Waals surface area contributed by atoms with Gasteiger partial charge in [-0.05, 0) is 13.8 Å². The van der Waals surface area contributed by atoms with Crippen LogP contribution >= 0.6 is 0 Å². The summed E-state index contributed by atoms with van der Waals surface area (Å²) < 4.78 is 1.68. The van der Waals surface area contributed by atoms with Gasteiger partial charge in [-0.1, -0.05) is 0 Å². The Balaban J connectivity index is 2.37. The van der Waals surface area contributed by atoms with Crippen molar-refractivity contribution in [2.24, 2.45) is 7.05 Å². The monoisotopic (exact) mass is 254 g/mol. The highest BCUT2D eigenvalue weighted by Crippen LogP contribution is 2.03. The number of carbonyl (C=O) groups is 2. The summed E-state index contributed by atoms with van der Waals surface area (Å²) in [4.78, 5) is 21.9. The standard InChI is InChI=1S/C11H18N4O3/c1-7(4-10(16)17)13-11(18)12-5-9-6-15(3)14-8(9)2/h6-7H,4-5H2,1-3H3,(H,16,17)(H2,12,13,18). The van der Waals surface area contributed by atoms with E-state index in [1.807, 2.05) is 20.2 Å². The Labute approximate surface area is 105 Å². The maximum Gasteiger partial charge on any atom is 0.315 e. The number of nitrogens with one attached hydrogen (secondary N) is 2. The van der Waals surface area contributed by atoms with E-state index in [1.165, 1.54) is 0 Å². The number of hydrogen-bond acceptors (Lipinski definition) is 3. The van der Waals surface area contributed by atoms with Crippen LogP contribution in [0, 0.1) is 6.92 Å². The van der Waals surface area contributed by atoms with Crippen molar-refractivity contribution in [3.05, 3.63) is 17.5 Å². The van der Waals surface area contributed by atoms with Crippen molar-refractivity contribution in [2.75, 3.05) is 0 Å². The van der Waals surface area contributed by atoms with Crippen molar-refractivity contribution in [2.45, 2.75) is 32.9 Å². The molecule has 0 aliphatic rings. The van der Waals surface area contributed by atoms with Gasteiger partial charge in [0.1, 0.15) is 0 Å². The van der Waals surface area contributed by atoms with Crippen molar-refractivity contribution in [1.82, 2.24) is 20.4 Å². The highest BCUT2D eigenvalue weighted by molar-refractivity contribution is 5.75. The van der Waals surface area contributed by atoms with E-state index in [4.69, 9.17) is 5.11 Å². The second-order valence-corrected chi connectivity index (χ2v) is 4.24. The minimum Gasteiger partial charge on any atom is -0.481 e. The molecule has 0 aliphatic heterocycles. The number of carbonyl (C=O) groups excluding carboxylic acids is 1. The molecular weight excluding hydrogens is 236 g/mol. The summed E-state index contributed by atoms with van der Waals surface area (Å²) in [7, 11) is 1.81. The number of urea groups is 1. The molecule has 0 fully saturated rings. The van der Waals surface area contributed by atoms with Crippen LogP contribution in [0.4, 0.5) is 4.79 Å². The number of nitrogens with zero attached hydrogens (tertiary/aromatic N) is 2. The first kappa shape index (κ1) is 14.0. The van der Waals surface area contributed by atoms with Crippen molar-refractivity contribution >= 4 is 12.0 Å². The number of aromatic nitrogens is 2. The third-order valence-corrected chi connectivity index (χ3v) is 2.41. The van der Waals surface area contributed by atoms with Gasteiger partial charge in [-0.15, -0.1) is 0 Å². The normalized spacial score (nSPS) is 11.9. The van der Waals surface area contributed by atoms with Gasteiger partial charge in [0.15, 0.2) is 0 Å². The molecule has 2 amide bonds. The smallest absolute Gasteiger partial charge is 0.315 e. The van der Waals surface area contributed by atoms with Gasteiger partial charge in [0, 0.05) is 31.4 Å². The molecule has 0 radical (unpaired) electrons. The predicted molar refractivity (Wildman–Crippen MR) is 65.0 cm³/mol. The first-order valence-electron chi connectivity index (χ1n) is 5.63. The fourth-order valence-electron chi connectivity index (χ4n) is 1.59. The van der Waals surface area contributed by atoms with Crippen LogP contribution in [0.2, 0.25) is 0 Å². The molecule has 1 aromatic heterocycles. The molecule has 0 aliphatic carbocycles. The van der Waals surface area contributed by atoms with Crippen molar-refractivity contribution in [1.29, 1.82) is 0 Å². The second kappa shape index (κ2) is 6.04. The van der Waals surface area contributed by atoms with Crippen LogP contribution in [0.15, 0.2) is 6.20 Å². The fourth-order valence-corrected chi connectivity index (χ4v) is 1.59. The number of carboxylic acids is 1. The van der Waals surface area contributed by atoms with Crippen LogP contribution < -0.4 is 10.6 Å². The van der Waals surface area contributed by atoms with Crippen LogP contribution in [0.5, 0.6) is 0 Å². The van der Waals surface area contributed by atoms with Crippen molar-refractivity contribution in [3.8, 4) is 0 Å². The van der Waals surface area contributed by atoms with E-state index in [2.05, 4.69) is 15.7 Å². The fraction of sp³-hybridized carbons (Fsp3) is 0.545. The molecule has 1 atom stereocenters. The largest absolute Gasteiger partial charge is 0.481 e. The van der Waals surface area contributed by atoms with E-state index >= 15 is 0 Å². The number of aryl methyl sites for hydroxylation is 2. The number of aliphatic carboxylic acids is 1. The average molecular weight is 254 g/mol. The molecule has 18 heavy (non-hydrogen) atoms. The lowest BCUT2D eigenvalue weighted by molar-refractivity contribution is -0.137. The predicted octanol–water partition coefficient (Wildman–Crippen LogP) is 0.391. The zero-order chi connectivity index (χ0) is 13.7. The van der Waals surface area contributed by atoms with Gasteiger partial charge in [-0.25, -0.2) is 4.79 Å². The third-order valence-electron chi connectivity index (χ3n) is 2.41. The van der Waals surface area contributed by atoms with Gasteiger partial charge in [-0.2, -0.15) is 5.10 Å². The molecule has 1 rings (SSSR count). The molecular formula is C11H18N4O3. The Morgan fingerprint density at radius 3 is 2.72 bits per heavy atom. The molecule has 100 valence electrons. The summed E-state index contributed by atoms with van der Waals surface area (Å²) >= 11 is 0. The summed E-state index contributed by atoms with van der Waals surface area (Å²) in [6.07, 6.45) is 1.73. The van der Waals surface area contributed by atoms with Gasteiger partial charge in [0.2, 0.25) is 0 Å². The maximum absolute atomic E-state index is 11.5. The Morgan fingerprint density at radius 1 is 1.56 bits per heavy atom. The van der Waals surface area contributed by atoms with Gasteiger partial charge in [-0.3, -0.25) is 9.48 Å². The second-order valence-electron chi connectivity index (χ2n) is 4.24. The molecule has 0 saturated carbocycles. The van der Waals surface area contributed by atoms with Crippen LogP contribution in [0.1, 0.15) is 24.6 Å². The molecule has 0 aromatic carbocycles. The van der Waals surface area contributed by atoms with Crippen molar-refractivity contribution in [3.63, 3.8) is 0 Å². The quantitative estimate of drug-likeness (QED) is 0.708. The van der Waals surface area contributed by atoms with E-state index in [-0.39, 0.29) is 12.5 Å². The lowest BCUT2D eigenvalue weighted by atomic mass is 10.2. The van der Waals surface area contributed by atoms with Crippen molar-refractivity contribution < 1.29 is 14.7 Å². The lowest BCUT2D eigenvalue weighted by Gasteiger charge is -2.12. The Bertz CT molecular complexity index is 441. The number of hydrogen-bond donors (Lipinski definition) is 3. The Hall–Kier alpha value is -2.05. The summed E-state index contributed by atoms with van der Waals surface area (Å²) in [5.74, 6) is -0.939. The highest BCUT2D eigenvalue weighted by atomic mass is 16.4. The SMILES string of the molecule is Cc1nn(C)cc1CNC(=O)NC(C)CC(=O)O. The molecule has 3 N–H and O–H groups in total. The van der Waals surface area contributed by atoms with Crippen LogP contribution in [0.3, 0.4) is 0 Å². The topological polar surface area (TPSA) is 96.3 Å². The first-order valence-corrected chi connectivity index (χ1v) is 5.63. The van der Waals surface area contributed by atoms with Gasteiger partial charge in [0.05, 0.1) is 12.1 Å². The van der Waals surface area contributed by atoms with Gasteiger partial charge >= 0.3 is 12.0 Å². The van der Waals surface area contributed by atoms with Gasteiger partial charge < -0.3 is 15.7 Å².